The summed E-state index contributed by atoms with van der Waals surface area (Å²) in [5.41, 5.74) is 0. The maximum atomic E-state index is 11.8. The molecule has 0 unspecified atom stereocenters. The molecule has 0 bridgehead atoms. The first-order chi connectivity index (χ1) is 8.79. The van der Waals surface area contributed by atoms with Gasteiger partial charge in [-0.2, -0.15) is 0 Å². The molecule has 18 heavy (non-hydrogen) atoms. The molecule has 1 amide bonds. The summed E-state index contributed by atoms with van der Waals surface area (Å²) in [4.78, 5) is 18.0. The molecule has 98 valence electrons. The van der Waals surface area contributed by atoms with Gasteiger partial charge in [0.25, 0.3) is 0 Å². The van der Waals surface area contributed by atoms with Crippen molar-refractivity contribution in [3.05, 3.63) is 24.4 Å². The molecule has 4 heteroatoms. The third-order valence-electron chi connectivity index (χ3n) is 3.33. The van der Waals surface area contributed by atoms with Crippen LogP contribution in [0.1, 0.15) is 32.6 Å². The van der Waals surface area contributed by atoms with Crippen LogP contribution in [0.25, 0.3) is 0 Å². The Kier molecular flexibility index (Phi) is 4.56. The summed E-state index contributed by atoms with van der Waals surface area (Å²) in [6.45, 7) is 3.78. The van der Waals surface area contributed by atoms with E-state index in [1.165, 1.54) is 0 Å². The number of carbonyl (C=O) groups is 1. The van der Waals surface area contributed by atoms with Crippen molar-refractivity contribution >= 4 is 11.7 Å². The number of hydrogen-bond acceptors (Lipinski definition) is 3. The number of nitrogens with zero attached hydrogens (tertiary/aromatic N) is 2. The minimum Gasteiger partial charge on any atom is -0.367 e. The van der Waals surface area contributed by atoms with Crippen molar-refractivity contribution in [1.82, 2.24) is 9.88 Å². The molecule has 0 saturated carbocycles. The highest BCUT2D eigenvalue weighted by Crippen LogP contribution is 2.15. The van der Waals surface area contributed by atoms with Gasteiger partial charge in [0.2, 0.25) is 5.91 Å². The molecule has 1 aliphatic heterocycles. The number of rotatable bonds is 4. The Morgan fingerprint density at radius 3 is 2.83 bits per heavy atom. The van der Waals surface area contributed by atoms with Crippen LogP contribution in [0.15, 0.2) is 24.4 Å². The molecule has 1 saturated heterocycles. The number of anilines is 1. The standard InChI is InChI=1S/C14H21N3O/c1-2-5-14(18)17-10-7-12(8-11-17)16-13-6-3-4-9-15-13/h3-4,6,9,12H,2,5,7-8,10-11H2,1H3,(H,15,16). The maximum absolute atomic E-state index is 11.8. The van der Waals surface area contributed by atoms with E-state index in [0.29, 0.717) is 18.4 Å². The Balaban J connectivity index is 1.78. The Morgan fingerprint density at radius 2 is 2.22 bits per heavy atom. The molecule has 0 aromatic carbocycles. The zero-order valence-electron chi connectivity index (χ0n) is 10.9. The minimum absolute atomic E-state index is 0.300. The van der Waals surface area contributed by atoms with Crippen LogP contribution in [0.5, 0.6) is 0 Å². The van der Waals surface area contributed by atoms with Gasteiger partial charge in [-0.1, -0.05) is 13.0 Å². The largest absolute Gasteiger partial charge is 0.367 e. The lowest BCUT2D eigenvalue weighted by Gasteiger charge is -2.32. The summed E-state index contributed by atoms with van der Waals surface area (Å²) in [6.07, 6.45) is 5.42. The predicted octanol–water partition coefficient (Wildman–Crippen LogP) is 2.28. The van der Waals surface area contributed by atoms with Crippen molar-refractivity contribution in [3.8, 4) is 0 Å². The third kappa shape index (κ3) is 3.45. The molecule has 1 aromatic heterocycles. The highest BCUT2D eigenvalue weighted by molar-refractivity contribution is 5.76. The van der Waals surface area contributed by atoms with E-state index in [4.69, 9.17) is 0 Å². The van der Waals surface area contributed by atoms with Gasteiger partial charge < -0.3 is 10.2 Å². The number of carbonyl (C=O) groups excluding carboxylic acids is 1. The lowest BCUT2D eigenvalue weighted by molar-refractivity contribution is -0.132. The van der Waals surface area contributed by atoms with Gasteiger partial charge in [-0.3, -0.25) is 4.79 Å². The molecule has 2 heterocycles. The second-order valence-electron chi connectivity index (χ2n) is 4.76. The molecule has 0 spiro atoms. The van der Waals surface area contributed by atoms with Crippen molar-refractivity contribution in [2.24, 2.45) is 0 Å². The molecule has 1 aliphatic rings. The van der Waals surface area contributed by atoms with Gasteiger partial charge in [-0.25, -0.2) is 4.98 Å². The molecule has 1 N–H and O–H groups in total. The van der Waals surface area contributed by atoms with Gasteiger partial charge in [0, 0.05) is 31.7 Å². The second kappa shape index (κ2) is 6.38. The fourth-order valence-electron chi connectivity index (χ4n) is 2.30. The average Bonchev–Trinajstić information content (AvgIpc) is 2.41. The molecule has 1 fully saturated rings. The SMILES string of the molecule is CCCC(=O)N1CCC(Nc2ccccn2)CC1. The first kappa shape index (κ1) is 12.9. The van der Waals surface area contributed by atoms with Gasteiger partial charge in [-0.15, -0.1) is 0 Å². The fraction of sp³-hybridized carbons (Fsp3) is 0.571. The first-order valence-electron chi connectivity index (χ1n) is 6.75. The van der Waals surface area contributed by atoms with Crippen molar-refractivity contribution in [1.29, 1.82) is 0 Å². The van der Waals surface area contributed by atoms with E-state index >= 15 is 0 Å². The lowest BCUT2D eigenvalue weighted by atomic mass is 10.0. The Morgan fingerprint density at radius 1 is 1.44 bits per heavy atom. The summed E-state index contributed by atoms with van der Waals surface area (Å²) < 4.78 is 0. The van der Waals surface area contributed by atoms with E-state index < -0.39 is 0 Å². The monoisotopic (exact) mass is 247 g/mol. The lowest BCUT2D eigenvalue weighted by Crippen LogP contribution is -2.42. The van der Waals surface area contributed by atoms with E-state index in [-0.39, 0.29) is 0 Å². The molecule has 2 rings (SSSR count). The molecule has 0 atom stereocenters. The smallest absolute Gasteiger partial charge is 0.222 e. The van der Waals surface area contributed by atoms with Crippen LogP contribution in [-0.4, -0.2) is 34.9 Å². The van der Waals surface area contributed by atoms with Crippen LogP contribution in [0.2, 0.25) is 0 Å². The highest BCUT2D eigenvalue weighted by Gasteiger charge is 2.22. The van der Waals surface area contributed by atoms with Crippen LogP contribution in [0.4, 0.5) is 5.82 Å². The second-order valence-corrected chi connectivity index (χ2v) is 4.76. The summed E-state index contributed by atoms with van der Waals surface area (Å²) in [7, 11) is 0. The van der Waals surface area contributed by atoms with E-state index in [0.717, 1.165) is 38.2 Å². The molecule has 0 radical (unpaired) electrons. The third-order valence-corrected chi connectivity index (χ3v) is 3.33. The van der Waals surface area contributed by atoms with Crippen molar-refractivity contribution in [2.45, 2.75) is 38.6 Å². The average molecular weight is 247 g/mol. The highest BCUT2D eigenvalue weighted by atomic mass is 16.2. The summed E-state index contributed by atoms with van der Waals surface area (Å²) >= 11 is 0. The Hall–Kier alpha value is -1.58. The zero-order valence-corrected chi connectivity index (χ0v) is 10.9. The van der Waals surface area contributed by atoms with E-state index in [2.05, 4.69) is 10.3 Å². The molecular formula is C14H21N3O. The summed E-state index contributed by atoms with van der Waals surface area (Å²) in [6, 6.07) is 6.31. The normalized spacial score (nSPS) is 16.6. The maximum Gasteiger partial charge on any atom is 0.222 e. The number of amides is 1. The minimum atomic E-state index is 0.300. The number of nitrogens with one attached hydrogen (secondary N) is 1. The quantitative estimate of drug-likeness (QED) is 0.888. The van der Waals surface area contributed by atoms with E-state index in [1.54, 1.807) is 6.20 Å². The molecule has 0 aliphatic carbocycles. The van der Waals surface area contributed by atoms with E-state index in [1.807, 2.05) is 30.0 Å². The van der Waals surface area contributed by atoms with Crippen LogP contribution >= 0.6 is 0 Å². The van der Waals surface area contributed by atoms with Crippen LogP contribution < -0.4 is 5.32 Å². The number of likely N-dealkylation sites (tertiary alicyclic amines) is 1. The van der Waals surface area contributed by atoms with Crippen molar-refractivity contribution in [3.63, 3.8) is 0 Å². The Labute approximate surface area is 108 Å². The predicted molar refractivity (Wildman–Crippen MR) is 72.4 cm³/mol. The Bertz CT molecular complexity index is 372. The number of aromatic nitrogens is 1. The van der Waals surface area contributed by atoms with Crippen molar-refractivity contribution in [2.75, 3.05) is 18.4 Å². The molecular weight excluding hydrogens is 226 g/mol. The fourth-order valence-corrected chi connectivity index (χ4v) is 2.30. The molecule has 4 nitrogen and oxygen atoms in total. The van der Waals surface area contributed by atoms with Gasteiger partial charge in [-0.05, 0) is 31.4 Å². The van der Waals surface area contributed by atoms with Crippen molar-refractivity contribution < 1.29 is 4.79 Å². The van der Waals surface area contributed by atoms with Crippen LogP contribution in [0, 0.1) is 0 Å². The summed E-state index contributed by atoms with van der Waals surface area (Å²) in [5, 5.41) is 3.42. The first-order valence-corrected chi connectivity index (χ1v) is 6.75. The van der Waals surface area contributed by atoms with Gasteiger partial charge in [0.15, 0.2) is 0 Å². The van der Waals surface area contributed by atoms with E-state index in [9.17, 15) is 4.79 Å². The van der Waals surface area contributed by atoms with Gasteiger partial charge in [0.05, 0.1) is 0 Å². The van der Waals surface area contributed by atoms with Crippen LogP contribution in [-0.2, 0) is 4.79 Å². The van der Waals surface area contributed by atoms with Gasteiger partial charge in [0.1, 0.15) is 5.82 Å². The zero-order chi connectivity index (χ0) is 12.8. The van der Waals surface area contributed by atoms with Gasteiger partial charge >= 0.3 is 0 Å². The molecule has 1 aromatic rings. The van der Waals surface area contributed by atoms with Crippen LogP contribution in [0.3, 0.4) is 0 Å². The number of hydrogen-bond donors (Lipinski definition) is 1. The summed E-state index contributed by atoms with van der Waals surface area (Å²) in [5.74, 6) is 1.23. The number of pyridine rings is 1. The number of piperidine rings is 1. The topological polar surface area (TPSA) is 45.2 Å².